The molecule has 2 heterocycles. The molecule has 20 heavy (non-hydrogen) atoms. The number of H-pyrrole nitrogens is 1. The van der Waals surface area contributed by atoms with Gasteiger partial charge in [-0.25, -0.2) is 9.89 Å². The second kappa shape index (κ2) is 5.34. The molecule has 0 saturated heterocycles. The Morgan fingerprint density at radius 1 is 1.50 bits per heavy atom. The van der Waals surface area contributed by atoms with Crippen molar-refractivity contribution in [2.75, 3.05) is 13.7 Å². The van der Waals surface area contributed by atoms with Gasteiger partial charge in [-0.3, -0.25) is 4.57 Å². The van der Waals surface area contributed by atoms with E-state index in [-0.39, 0.29) is 17.0 Å². The maximum Gasteiger partial charge on any atom is 0.343 e. The van der Waals surface area contributed by atoms with Gasteiger partial charge in [0.15, 0.2) is 5.16 Å². The number of hydrogen-bond donors (Lipinski definition) is 2. The molecule has 1 aromatic heterocycles. The zero-order valence-electron chi connectivity index (χ0n) is 11.3. The molecule has 1 aliphatic heterocycles. The monoisotopic (exact) mass is 292 g/mol. The number of hydrogen-bond acceptors (Lipinski definition) is 5. The number of ether oxygens (including phenoxy) is 1. The number of para-hydroxylation sites is 1. The topological polar surface area (TPSA) is 71.9 Å². The molecule has 106 valence electrons. The fourth-order valence-electron chi connectivity index (χ4n) is 2.35. The van der Waals surface area contributed by atoms with E-state index in [2.05, 4.69) is 21.6 Å². The number of nitrogens with zero attached hydrogens (tertiary/aromatic N) is 2. The molecule has 1 aromatic carbocycles. The van der Waals surface area contributed by atoms with E-state index in [1.807, 2.05) is 25.2 Å². The maximum absolute atomic E-state index is 11.4. The van der Waals surface area contributed by atoms with Gasteiger partial charge < -0.3 is 10.1 Å². The summed E-state index contributed by atoms with van der Waals surface area (Å²) in [6, 6.07) is 8.18. The van der Waals surface area contributed by atoms with Crippen LogP contribution in [0.4, 0.5) is 0 Å². The number of fused-ring (bicyclic) bond motifs is 1. The molecule has 0 aliphatic carbocycles. The molecule has 7 heteroatoms. The third kappa shape index (κ3) is 2.23. The van der Waals surface area contributed by atoms with E-state index < -0.39 is 0 Å². The number of nitrogens with one attached hydrogen (secondary N) is 2. The van der Waals surface area contributed by atoms with Gasteiger partial charge in [-0.1, -0.05) is 30.0 Å². The molecular formula is C13H16N4O2S. The van der Waals surface area contributed by atoms with Crippen molar-refractivity contribution in [2.24, 2.45) is 7.05 Å². The van der Waals surface area contributed by atoms with Gasteiger partial charge in [-0.15, -0.1) is 5.10 Å². The Kier molecular flexibility index (Phi) is 3.54. The lowest BCUT2D eigenvalue weighted by Gasteiger charge is -2.32. The summed E-state index contributed by atoms with van der Waals surface area (Å²) in [7, 11) is 3.64. The SMILES string of the molecule is CNC1c2ccccc2OCC1Sc1n[nH]c(=O)n1C. The summed E-state index contributed by atoms with van der Waals surface area (Å²) < 4.78 is 7.31. The normalized spacial score (nSPS) is 21.3. The Bertz CT molecular complexity index is 666. The Morgan fingerprint density at radius 3 is 3.00 bits per heavy atom. The highest BCUT2D eigenvalue weighted by atomic mass is 32.2. The highest BCUT2D eigenvalue weighted by molar-refractivity contribution is 7.99. The molecule has 2 aromatic rings. The molecule has 0 saturated carbocycles. The molecule has 0 radical (unpaired) electrons. The Labute approximate surface area is 120 Å². The second-order valence-corrected chi connectivity index (χ2v) is 5.85. The molecule has 2 N–H and O–H groups in total. The molecule has 2 atom stereocenters. The van der Waals surface area contributed by atoms with Crippen LogP contribution in [0.25, 0.3) is 0 Å². The average Bonchev–Trinajstić information content (AvgIpc) is 2.79. The lowest BCUT2D eigenvalue weighted by Crippen LogP contribution is -2.36. The van der Waals surface area contributed by atoms with Crippen molar-refractivity contribution >= 4 is 11.8 Å². The van der Waals surface area contributed by atoms with Gasteiger partial charge in [0.1, 0.15) is 12.4 Å². The Hall–Kier alpha value is -1.73. The van der Waals surface area contributed by atoms with Crippen LogP contribution >= 0.6 is 11.8 Å². The van der Waals surface area contributed by atoms with E-state index in [1.165, 1.54) is 4.57 Å². The fourth-order valence-corrected chi connectivity index (χ4v) is 3.52. The summed E-state index contributed by atoms with van der Waals surface area (Å²) in [5, 5.41) is 10.6. The van der Waals surface area contributed by atoms with Gasteiger partial charge in [0.25, 0.3) is 0 Å². The maximum atomic E-state index is 11.4. The molecule has 0 fully saturated rings. The van der Waals surface area contributed by atoms with E-state index in [0.29, 0.717) is 11.8 Å². The predicted molar refractivity (Wildman–Crippen MR) is 77.2 cm³/mol. The molecule has 6 nitrogen and oxygen atoms in total. The third-order valence-corrected chi connectivity index (χ3v) is 4.72. The van der Waals surface area contributed by atoms with Crippen LogP contribution in [0.5, 0.6) is 5.75 Å². The minimum Gasteiger partial charge on any atom is -0.492 e. The van der Waals surface area contributed by atoms with Gasteiger partial charge in [0, 0.05) is 12.6 Å². The van der Waals surface area contributed by atoms with Gasteiger partial charge in [-0.2, -0.15) is 0 Å². The van der Waals surface area contributed by atoms with Crippen molar-refractivity contribution in [2.45, 2.75) is 16.4 Å². The number of aromatic nitrogens is 3. The molecule has 1 aliphatic rings. The summed E-state index contributed by atoms with van der Waals surface area (Å²) in [6.45, 7) is 0.578. The summed E-state index contributed by atoms with van der Waals surface area (Å²) in [5.41, 5.74) is 0.935. The van der Waals surface area contributed by atoms with Crippen molar-refractivity contribution < 1.29 is 4.74 Å². The van der Waals surface area contributed by atoms with Crippen LogP contribution < -0.4 is 15.7 Å². The van der Waals surface area contributed by atoms with Crippen molar-refractivity contribution in [1.82, 2.24) is 20.1 Å². The number of thioether (sulfide) groups is 1. The first-order valence-electron chi connectivity index (χ1n) is 6.37. The van der Waals surface area contributed by atoms with Crippen molar-refractivity contribution in [3.8, 4) is 5.75 Å². The van der Waals surface area contributed by atoms with Crippen molar-refractivity contribution in [3.05, 3.63) is 40.3 Å². The standard InChI is InChI=1S/C13H16N4O2S/c1-14-11-8-5-3-4-6-9(8)19-7-10(11)20-13-16-15-12(18)17(13)2/h3-6,10-11,14H,7H2,1-2H3,(H,15,18). The van der Waals surface area contributed by atoms with E-state index >= 15 is 0 Å². The first kappa shape index (κ1) is 13.3. The molecule has 0 amide bonds. The van der Waals surface area contributed by atoms with E-state index in [1.54, 1.807) is 18.8 Å². The fraction of sp³-hybridized carbons (Fsp3) is 0.385. The predicted octanol–water partition coefficient (Wildman–Crippen LogP) is 0.922. The molecular weight excluding hydrogens is 276 g/mol. The van der Waals surface area contributed by atoms with Crippen LogP contribution in [-0.2, 0) is 7.05 Å². The lowest BCUT2D eigenvalue weighted by atomic mass is 10.0. The van der Waals surface area contributed by atoms with Crippen LogP contribution in [0, 0.1) is 0 Å². The van der Waals surface area contributed by atoms with Crippen LogP contribution in [-0.4, -0.2) is 33.7 Å². The minimum atomic E-state index is -0.203. The number of benzene rings is 1. The van der Waals surface area contributed by atoms with E-state index in [4.69, 9.17) is 4.74 Å². The lowest BCUT2D eigenvalue weighted by molar-refractivity contribution is 0.264. The largest absolute Gasteiger partial charge is 0.492 e. The third-order valence-electron chi connectivity index (χ3n) is 3.44. The van der Waals surface area contributed by atoms with Gasteiger partial charge >= 0.3 is 5.69 Å². The van der Waals surface area contributed by atoms with Gasteiger partial charge in [0.2, 0.25) is 0 Å². The van der Waals surface area contributed by atoms with Crippen LogP contribution in [0.3, 0.4) is 0 Å². The Balaban J connectivity index is 1.88. The van der Waals surface area contributed by atoms with E-state index in [0.717, 1.165) is 11.3 Å². The highest BCUT2D eigenvalue weighted by Crippen LogP contribution is 2.38. The Morgan fingerprint density at radius 2 is 2.30 bits per heavy atom. The van der Waals surface area contributed by atoms with E-state index in [9.17, 15) is 4.79 Å². The van der Waals surface area contributed by atoms with Crippen molar-refractivity contribution in [1.29, 1.82) is 0 Å². The summed E-state index contributed by atoms with van der Waals surface area (Å²) in [4.78, 5) is 11.4. The van der Waals surface area contributed by atoms with Gasteiger partial charge in [0.05, 0.1) is 11.3 Å². The van der Waals surface area contributed by atoms with Crippen molar-refractivity contribution in [3.63, 3.8) is 0 Å². The quantitative estimate of drug-likeness (QED) is 0.880. The summed E-state index contributed by atoms with van der Waals surface area (Å²) in [5.74, 6) is 0.916. The smallest absolute Gasteiger partial charge is 0.343 e. The molecule has 3 rings (SSSR count). The summed E-state index contributed by atoms with van der Waals surface area (Å²) >= 11 is 1.54. The van der Waals surface area contributed by atoms with Gasteiger partial charge in [-0.05, 0) is 13.1 Å². The molecule has 2 unspecified atom stereocenters. The number of aromatic amines is 1. The average molecular weight is 292 g/mol. The molecule has 0 bridgehead atoms. The molecule has 0 spiro atoms. The first-order valence-corrected chi connectivity index (χ1v) is 7.25. The number of rotatable bonds is 3. The first-order chi connectivity index (χ1) is 9.70. The van der Waals surface area contributed by atoms with Crippen LogP contribution in [0.2, 0.25) is 0 Å². The summed E-state index contributed by atoms with van der Waals surface area (Å²) in [6.07, 6.45) is 0. The zero-order chi connectivity index (χ0) is 14.1. The van der Waals surface area contributed by atoms with Crippen LogP contribution in [0.1, 0.15) is 11.6 Å². The second-order valence-electron chi connectivity index (χ2n) is 4.64. The zero-order valence-corrected chi connectivity index (χ0v) is 12.1. The highest BCUT2D eigenvalue weighted by Gasteiger charge is 2.31. The van der Waals surface area contributed by atoms with Crippen LogP contribution in [0.15, 0.2) is 34.2 Å². The minimum absolute atomic E-state index is 0.156.